The van der Waals surface area contributed by atoms with Crippen molar-refractivity contribution in [3.8, 4) is 0 Å². The van der Waals surface area contributed by atoms with Crippen molar-refractivity contribution in [2.75, 3.05) is 5.32 Å². The van der Waals surface area contributed by atoms with Crippen LogP contribution in [0.2, 0.25) is 10.2 Å². The van der Waals surface area contributed by atoms with Crippen LogP contribution >= 0.6 is 23.2 Å². The van der Waals surface area contributed by atoms with Gasteiger partial charge in [0.2, 0.25) is 0 Å². The Hall–Kier alpha value is -1.58. The number of aromatic nitrogens is 1. The first-order valence-corrected chi connectivity index (χ1v) is 6.01. The minimum absolute atomic E-state index is 0.189. The van der Waals surface area contributed by atoms with Crippen molar-refractivity contribution in [2.24, 2.45) is 0 Å². The molecule has 0 bridgehead atoms. The number of hydrogen-bond donors (Lipinski definition) is 1. The van der Waals surface area contributed by atoms with Gasteiger partial charge in [0.25, 0.3) is 5.91 Å². The molecule has 0 saturated carbocycles. The maximum absolute atomic E-state index is 11.9. The van der Waals surface area contributed by atoms with Crippen LogP contribution in [-0.4, -0.2) is 10.9 Å². The van der Waals surface area contributed by atoms with Crippen molar-refractivity contribution in [1.29, 1.82) is 0 Å². The molecule has 0 aliphatic heterocycles. The zero-order valence-corrected chi connectivity index (χ0v) is 11.1. The Morgan fingerprint density at radius 1 is 1.22 bits per heavy atom. The van der Waals surface area contributed by atoms with Gasteiger partial charge in [-0.25, -0.2) is 4.98 Å². The summed E-state index contributed by atoms with van der Waals surface area (Å²) in [5, 5.41) is 3.31. The number of nitrogens with one attached hydrogen (secondary N) is 1. The maximum atomic E-state index is 11.9. The number of amides is 1. The molecular weight excluding hydrogens is 271 g/mol. The first-order valence-electron chi connectivity index (χ1n) is 5.26. The highest BCUT2D eigenvalue weighted by Gasteiger charge is 2.09. The van der Waals surface area contributed by atoms with Crippen molar-refractivity contribution in [3.05, 3.63) is 57.8 Å². The second kappa shape index (κ2) is 5.38. The predicted molar refractivity (Wildman–Crippen MR) is 73.4 cm³/mol. The van der Waals surface area contributed by atoms with Crippen LogP contribution in [0.1, 0.15) is 16.1 Å². The Balaban J connectivity index is 2.22. The van der Waals surface area contributed by atoms with Crippen LogP contribution in [-0.2, 0) is 0 Å². The van der Waals surface area contributed by atoms with Crippen molar-refractivity contribution in [3.63, 3.8) is 0 Å². The van der Waals surface area contributed by atoms with E-state index in [0.717, 1.165) is 5.56 Å². The van der Waals surface area contributed by atoms with E-state index in [1.165, 1.54) is 12.1 Å². The standard InChI is InChI=1S/C13H10Cl2N2O/c1-8-3-2-4-10(5-8)16-13(18)11-6-9(14)7-12(15)17-11/h2-7H,1H3,(H,16,18). The van der Waals surface area contributed by atoms with Crippen LogP contribution in [0.15, 0.2) is 36.4 Å². The predicted octanol–water partition coefficient (Wildman–Crippen LogP) is 3.95. The summed E-state index contributed by atoms with van der Waals surface area (Å²) in [6.07, 6.45) is 0. The van der Waals surface area contributed by atoms with Crippen LogP contribution in [0, 0.1) is 6.92 Å². The molecule has 2 aromatic rings. The molecule has 0 radical (unpaired) electrons. The fourth-order valence-corrected chi connectivity index (χ4v) is 1.97. The largest absolute Gasteiger partial charge is 0.321 e. The molecule has 1 aromatic carbocycles. The molecule has 92 valence electrons. The van der Waals surface area contributed by atoms with Gasteiger partial charge in [0, 0.05) is 10.7 Å². The van der Waals surface area contributed by atoms with Crippen molar-refractivity contribution >= 4 is 34.8 Å². The van der Waals surface area contributed by atoms with Gasteiger partial charge in [-0.2, -0.15) is 0 Å². The van der Waals surface area contributed by atoms with E-state index in [2.05, 4.69) is 10.3 Å². The Kier molecular flexibility index (Phi) is 3.84. The fourth-order valence-electron chi connectivity index (χ4n) is 1.50. The van der Waals surface area contributed by atoms with Gasteiger partial charge in [-0.3, -0.25) is 4.79 Å². The zero-order chi connectivity index (χ0) is 13.1. The van der Waals surface area contributed by atoms with Crippen LogP contribution in [0.5, 0.6) is 0 Å². The van der Waals surface area contributed by atoms with Crippen LogP contribution in [0.3, 0.4) is 0 Å². The molecule has 1 amide bonds. The van der Waals surface area contributed by atoms with E-state index in [4.69, 9.17) is 23.2 Å². The SMILES string of the molecule is Cc1cccc(NC(=O)c2cc(Cl)cc(Cl)n2)c1. The molecule has 1 N–H and O–H groups in total. The van der Waals surface area contributed by atoms with Crippen LogP contribution in [0.4, 0.5) is 5.69 Å². The zero-order valence-electron chi connectivity index (χ0n) is 9.58. The smallest absolute Gasteiger partial charge is 0.274 e. The van der Waals surface area contributed by atoms with E-state index in [9.17, 15) is 4.79 Å². The third-order valence-corrected chi connectivity index (χ3v) is 2.68. The van der Waals surface area contributed by atoms with Crippen molar-refractivity contribution in [2.45, 2.75) is 6.92 Å². The molecule has 0 aliphatic carbocycles. The Labute approximate surface area is 115 Å². The Morgan fingerprint density at radius 3 is 2.67 bits per heavy atom. The third-order valence-electron chi connectivity index (χ3n) is 2.27. The van der Waals surface area contributed by atoms with Crippen molar-refractivity contribution in [1.82, 2.24) is 4.98 Å². The summed E-state index contributed by atoms with van der Waals surface area (Å²) in [7, 11) is 0. The Morgan fingerprint density at radius 2 is 2.00 bits per heavy atom. The highest BCUT2D eigenvalue weighted by molar-refractivity contribution is 6.34. The Bertz CT molecular complexity index is 579. The van der Waals surface area contributed by atoms with E-state index in [0.29, 0.717) is 10.7 Å². The number of anilines is 1. The lowest BCUT2D eigenvalue weighted by atomic mass is 10.2. The molecule has 0 unspecified atom stereocenters. The lowest BCUT2D eigenvalue weighted by Gasteiger charge is -2.06. The second-order valence-electron chi connectivity index (χ2n) is 3.82. The summed E-state index contributed by atoms with van der Waals surface area (Å²) < 4.78 is 0. The highest BCUT2D eigenvalue weighted by Crippen LogP contribution is 2.17. The first kappa shape index (κ1) is 12.9. The number of pyridine rings is 1. The van der Waals surface area contributed by atoms with E-state index in [1.807, 2.05) is 25.1 Å². The average molecular weight is 281 g/mol. The third kappa shape index (κ3) is 3.22. The molecule has 0 spiro atoms. The molecular formula is C13H10Cl2N2O. The quantitative estimate of drug-likeness (QED) is 0.847. The molecule has 1 aromatic heterocycles. The molecule has 2 rings (SSSR count). The topological polar surface area (TPSA) is 42.0 Å². The number of carbonyl (C=O) groups is 1. The summed E-state index contributed by atoms with van der Waals surface area (Å²) in [6, 6.07) is 10.4. The van der Waals surface area contributed by atoms with Gasteiger partial charge < -0.3 is 5.32 Å². The molecule has 0 saturated heterocycles. The lowest BCUT2D eigenvalue weighted by molar-refractivity contribution is 0.102. The lowest BCUT2D eigenvalue weighted by Crippen LogP contribution is -2.13. The van der Waals surface area contributed by atoms with Crippen molar-refractivity contribution < 1.29 is 4.79 Å². The minimum atomic E-state index is -0.343. The molecule has 1 heterocycles. The molecule has 0 aliphatic rings. The first-order chi connectivity index (χ1) is 8.54. The minimum Gasteiger partial charge on any atom is -0.321 e. The fraction of sp³-hybridized carbons (Fsp3) is 0.0769. The molecule has 0 fully saturated rings. The van der Waals surface area contributed by atoms with Gasteiger partial charge in [0.15, 0.2) is 0 Å². The summed E-state index contributed by atoms with van der Waals surface area (Å²) in [5.74, 6) is -0.343. The van der Waals surface area contributed by atoms with E-state index >= 15 is 0 Å². The summed E-state index contributed by atoms with van der Waals surface area (Å²) in [5.41, 5.74) is 1.96. The average Bonchev–Trinajstić information content (AvgIpc) is 2.27. The van der Waals surface area contributed by atoms with Gasteiger partial charge in [-0.15, -0.1) is 0 Å². The normalized spacial score (nSPS) is 10.2. The summed E-state index contributed by atoms with van der Waals surface area (Å²) in [6.45, 7) is 1.95. The van der Waals surface area contributed by atoms with Crippen LogP contribution in [0.25, 0.3) is 0 Å². The molecule has 0 atom stereocenters. The number of aryl methyl sites for hydroxylation is 1. The molecule has 18 heavy (non-hydrogen) atoms. The maximum Gasteiger partial charge on any atom is 0.274 e. The molecule has 5 heteroatoms. The number of halogens is 2. The number of nitrogens with zero attached hydrogens (tertiary/aromatic N) is 1. The number of carbonyl (C=O) groups excluding carboxylic acids is 1. The number of hydrogen-bond acceptors (Lipinski definition) is 2. The van der Waals surface area contributed by atoms with Gasteiger partial charge in [0.1, 0.15) is 10.8 Å². The number of benzene rings is 1. The highest BCUT2D eigenvalue weighted by atomic mass is 35.5. The second-order valence-corrected chi connectivity index (χ2v) is 4.64. The van der Waals surface area contributed by atoms with Crippen LogP contribution < -0.4 is 5.32 Å². The van der Waals surface area contributed by atoms with Gasteiger partial charge in [-0.05, 0) is 36.8 Å². The van der Waals surface area contributed by atoms with E-state index in [-0.39, 0.29) is 16.8 Å². The summed E-state index contributed by atoms with van der Waals surface area (Å²) in [4.78, 5) is 15.9. The van der Waals surface area contributed by atoms with Gasteiger partial charge in [0.05, 0.1) is 0 Å². The summed E-state index contributed by atoms with van der Waals surface area (Å²) >= 11 is 11.6. The van der Waals surface area contributed by atoms with E-state index < -0.39 is 0 Å². The van der Waals surface area contributed by atoms with E-state index in [1.54, 1.807) is 6.07 Å². The monoisotopic (exact) mass is 280 g/mol. The number of rotatable bonds is 2. The van der Waals surface area contributed by atoms with Gasteiger partial charge in [-0.1, -0.05) is 35.3 Å². The van der Waals surface area contributed by atoms with Gasteiger partial charge >= 0.3 is 0 Å². The molecule has 3 nitrogen and oxygen atoms in total.